The van der Waals surface area contributed by atoms with Crippen molar-refractivity contribution < 1.29 is 9.53 Å². The number of benzene rings is 1. The topological polar surface area (TPSA) is 38.3 Å². The average Bonchev–Trinajstić information content (AvgIpc) is 2.38. The number of nitrogens with one attached hydrogen (secondary N) is 1. The zero-order valence-corrected chi connectivity index (χ0v) is 10.2. The Labute approximate surface area is 102 Å². The van der Waals surface area contributed by atoms with Gasteiger partial charge in [-0.05, 0) is 31.0 Å². The van der Waals surface area contributed by atoms with Gasteiger partial charge in [-0.3, -0.25) is 4.79 Å². The minimum Gasteiger partial charge on any atom is -0.461 e. The van der Waals surface area contributed by atoms with E-state index in [0.717, 1.165) is 25.1 Å². The lowest BCUT2D eigenvalue weighted by molar-refractivity contribution is -0.152. The summed E-state index contributed by atoms with van der Waals surface area (Å²) in [4.78, 5) is 11.9. The molecule has 1 saturated heterocycles. The van der Waals surface area contributed by atoms with E-state index in [1.165, 1.54) is 0 Å². The molecule has 1 N–H and O–H groups in total. The van der Waals surface area contributed by atoms with E-state index in [1.807, 2.05) is 30.3 Å². The summed E-state index contributed by atoms with van der Waals surface area (Å²) >= 11 is 0. The Bertz CT molecular complexity index is 364. The smallest absolute Gasteiger partial charge is 0.309 e. The molecule has 3 nitrogen and oxygen atoms in total. The molecule has 92 valence electrons. The number of hydrogen-bond acceptors (Lipinski definition) is 3. The van der Waals surface area contributed by atoms with Gasteiger partial charge in [-0.1, -0.05) is 37.3 Å². The molecule has 1 aromatic rings. The van der Waals surface area contributed by atoms with Crippen molar-refractivity contribution in [3.8, 4) is 0 Å². The number of carbonyl (C=O) groups excluding carboxylic acids is 1. The SMILES string of the molecule is C[C@@H]1CNCCC1C(=O)OCc1ccccc1. The molecule has 2 atom stereocenters. The molecule has 1 unspecified atom stereocenters. The van der Waals surface area contributed by atoms with Crippen molar-refractivity contribution in [1.82, 2.24) is 5.32 Å². The third kappa shape index (κ3) is 3.30. The standard InChI is InChI=1S/C14H19NO2/c1-11-9-15-8-7-13(11)14(16)17-10-12-5-3-2-4-6-12/h2-6,11,13,15H,7-10H2,1H3/t11-,13?/m1/s1. The third-order valence-electron chi connectivity index (χ3n) is 3.31. The Hall–Kier alpha value is -1.35. The van der Waals surface area contributed by atoms with Crippen LogP contribution in [0, 0.1) is 11.8 Å². The lowest BCUT2D eigenvalue weighted by atomic mass is 9.88. The monoisotopic (exact) mass is 233 g/mol. The minimum atomic E-state index is -0.0529. The second-order valence-corrected chi connectivity index (χ2v) is 4.67. The summed E-state index contributed by atoms with van der Waals surface area (Å²) in [5.74, 6) is 0.370. The fraction of sp³-hybridized carbons (Fsp3) is 0.500. The third-order valence-corrected chi connectivity index (χ3v) is 3.31. The molecule has 1 aromatic carbocycles. The van der Waals surface area contributed by atoms with Gasteiger partial charge in [-0.25, -0.2) is 0 Å². The van der Waals surface area contributed by atoms with Crippen LogP contribution in [0.2, 0.25) is 0 Å². The first-order chi connectivity index (χ1) is 8.27. The Morgan fingerprint density at radius 2 is 2.18 bits per heavy atom. The molecule has 1 fully saturated rings. The van der Waals surface area contributed by atoms with Gasteiger partial charge in [0, 0.05) is 0 Å². The molecule has 0 amide bonds. The van der Waals surface area contributed by atoms with Gasteiger partial charge in [-0.15, -0.1) is 0 Å². The predicted octanol–water partition coefficient (Wildman–Crippen LogP) is 1.98. The van der Waals surface area contributed by atoms with Crippen LogP contribution in [-0.2, 0) is 16.1 Å². The van der Waals surface area contributed by atoms with Crippen LogP contribution in [0.4, 0.5) is 0 Å². The van der Waals surface area contributed by atoms with Crippen molar-refractivity contribution >= 4 is 5.97 Å². The van der Waals surface area contributed by atoms with Gasteiger partial charge in [0.1, 0.15) is 6.61 Å². The normalized spacial score (nSPS) is 24.3. The zero-order chi connectivity index (χ0) is 12.1. The molecule has 1 aliphatic rings. The summed E-state index contributed by atoms with van der Waals surface area (Å²) in [5.41, 5.74) is 1.04. The van der Waals surface area contributed by atoms with Crippen molar-refractivity contribution in [2.75, 3.05) is 13.1 Å². The molecule has 2 rings (SSSR count). The van der Waals surface area contributed by atoms with E-state index in [4.69, 9.17) is 4.74 Å². The quantitative estimate of drug-likeness (QED) is 0.811. The van der Waals surface area contributed by atoms with Crippen LogP contribution >= 0.6 is 0 Å². The molecule has 0 bridgehead atoms. The summed E-state index contributed by atoms with van der Waals surface area (Å²) in [6, 6.07) is 9.81. The van der Waals surface area contributed by atoms with Crippen LogP contribution < -0.4 is 5.32 Å². The maximum Gasteiger partial charge on any atom is 0.309 e. The molecule has 0 radical (unpaired) electrons. The highest BCUT2D eigenvalue weighted by Gasteiger charge is 2.28. The first-order valence-corrected chi connectivity index (χ1v) is 6.18. The molecule has 1 heterocycles. The largest absolute Gasteiger partial charge is 0.461 e. The van der Waals surface area contributed by atoms with Gasteiger partial charge >= 0.3 is 5.97 Å². The van der Waals surface area contributed by atoms with E-state index < -0.39 is 0 Å². The summed E-state index contributed by atoms with van der Waals surface area (Å²) < 4.78 is 5.37. The van der Waals surface area contributed by atoms with Gasteiger partial charge in [0.15, 0.2) is 0 Å². The zero-order valence-electron chi connectivity index (χ0n) is 10.2. The Kier molecular flexibility index (Phi) is 4.15. The highest BCUT2D eigenvalue weighted by atomic mass is 16.5. The first-order valence-electron chi connectivity index (χ1n) is 6.18. The average molecular weight is 233 g/mol. The molecule has 0 spiro atoms. The van der Waals surface area contributed by atoms with Gasteiger partial charge in [0.25, 0.3) is 0 Å². The first kappa shape index (κ1) is 12.1. The number of carbonyl (C=O) groups is 1. The van der Waals surface area contributed by atoms with E-state index in [0.29, 0.717) is 12.5 Å². The number of rotatable bonds is 3. The summed E-state index contributed by atoms with van der Waals surface area (Å²) in [6.45, 7) is 4.30. The number of hydrogen-bond donors (Lipinski definition) is 1. The lowest BCUT2D eigenvalue weighted by Crippen LogP contribution is -2.39. The maximum atomic E-state index is 11.9. The molecule has 17 heavy (non-hydrogen) atoms. The Morgan fingerprint density at radius 3 is 2.88 bits per heavy atom. The second kappa shape index (κ2) is 5.82. The number of ether oxygens (including phenoxy) is 1. The van der Waals surface area contributed by atoms with Crippen LogP contribution in [0.3, 0.4) is 0 Å². The van der Waals surface area contributed by atoms with Crippen LogP contribution in [0.15, 0.2) is 30.3 Å². The van der Waals surface area contributed by atoms with Crippen LogP contribution in [-0.4, -0.2) is 19.1 Å². The van der Waals surface area contributed by atoms with Crippen molar-refractivity contribution in [2.24, 2.45) is 11.8 Å². The van der Waals surface area contributed by atoms with E-state index in [9.17, 15) is 4.79 Å². The lowest BCUT2D eigenvalue weighted by Gasteiger charge is -2.27. The van der Waals surface area contributed by atoms with Gasteiger partial charge in [0.2, 0.25) is 0 Å². The summed E-state index contributed by atoms with van der Waals surface area (Å²) in [6.07, 6.45) is 0.884. The van der Waals surface area contributed by atoms with Gasteiger partial charge in [-0.2, -0.15) is 0 Å². The van der Waals surface area contributed by atoms with E-state index in [1.54, 1.807) is 0 Å². The van der Waals surface area contributed by atoms with Crippen LogP contribution in [0.25, 0.3) is 0 Å². The maximum absolute atomic E-state index is 11.9. The highest BCUT2D eigenvalue weighted by molar-refractivity contribution is 5.73. The van der Waals surface area contributed by atoms with Crippen molar-refractivity contribution in [3.05, 3.63) is 35.9 Å². The minimum absolute atomic E-state index is 0.0529. The van der Waals surface area contributed by atoms with Crippen molar-refractivity contribution in [1.29, 1.82) is 0 Å². The fourth-order valence-corrected chi connectivity index (χ4v) is 2.20. The van der Waals surface area contributed by atoms with E-state index in [2.05, 4.69) is 12.2 Å². The Balaban J connectivity index is 1.84. The molecule has 0 aliphatic carbocycles. The van der Waals surface area contributed by atoms with Crippen molar-refractivity contribution in [3.63, 3.8) is 0 Å². The summed E-state index contributed by atoms with van der Waals surface area (Å²) in [5, 5.41) is 3.29. The van der Waals surface area contributed by atoms with Crippen LogP contribution in [0.1, 0.15) is 18.9 Å². The predicted molar refractivity (Wildman–Crippen MR) is 66.4 cm³/mol. The van der Waals surface area contributed by atoms with Crippen molar-refractivity contribution in [2.45, 2.75) is 20.0 Å². The van der Waals surface area contributed by atoms with Gasteiger partial charge in [0.05, 0.1) is 5.92 Å². The molecule has 1 aliphatic heterocycles. The molecule has 3 heteroatoms. The summed E-state index contributed by atoms with van der Waals surface area (Å²) in [7, 11) is 0. The fourth-order valence-electron chi connectivity index (χ4n) is 2.20. The van der Waals surface area contributed by atoms with E-state index in [-0.39, 0.29) is 11.9 Å². The highest BCUT2D eigenvalue weighted by Crippen LogP contribution is 2.20. The van der Waals surface area contributed by atoms with E-state index >= 15 is 0 Å². The molecular formula is C14H19NO2. The Morgan fingerprint density at radius 1 is 1.41 bits per heavy atom. The molecular weight excluding hydrogens is 214 g/mol. The second-order valence-electron chi connectivity index (χ2n) is 4.67. The van der Waals surface area contributed by atoms with Gasteiger partial charge < -0.3 is 10.1 Å². The molecule has 0 saturated carbocycles. The molecule has 0 aromatic heterocycles. The number of esters is 1. The number of piperidine rings is 1. The van der Waals surface area contributed by atoms with Crippen LogP contribution in [0.5, 0.6) is 0 Å².